The lowest BCUT2D eigenvalue weighted by molar-refractivity contribution is 0.300. The van der Waals surface area contributed by atoms with E-state index in [1.54, 1.807) is 5.57 Å². The fourth-order valence-electron chi connectivity index (χ4n) is 2.09. The third-order valence-electron chi connectivity index (χ3n) is 2.99. The first-order chi connectivity index (χ1) is 7.77. The Morgan fingerprint density at radius 1 is 1.25 bits per heavy atom. The number of allylic oxidation sites excluding steroid dienone is 1. The van der Waals surface area contributed by atoms with Gasteiger partial charge >= 0.3 is 0 Å². The van der Waals surface area contributed by atoms with Crippen LogP contribution in [0.3, 0.4) is 0 Å². The molecule has 0 aromatic heterocycles. The van der Waals surface area contributed by atoms with Crippen molar-refractivity contribution in [3.8, 4) is 0 Å². The molecular weight excluding hydrogens is 220 g/mol. The Labute approximate surface area is 103 Å². The van der Waals surface area contributed by atoms with Gasteiger partial charge in [-0.15, -0.1) is 0 Å². The zero-order valence-corrected chi connectivity index (χ0v) is 10.8. The number of nitrogens with one attached hydrogen (secondary N) is 2. The van der Waals surface area contributed by atoms with Crippen LogP contribution in [0.4, 0.5) is 0 Å². The lowest BCUT2D eigenvalue weighted by Gasteiger charge is -2.20. The molecule has 0 amide bonds. The van der Waals surface area contributed by atoms with Gasteiger partial charge in [-0.05, 0) is 44.3 Å². The number of aliphatic hydroxyl groups excluding tert-OH is 1. The molecule has 0 atom stereocenters. The SMILES string of the molecule is CCC1=C(CNC(=S)NCCO)CCCC1. The van der Waals surface area contributed by atoms with Crippen LogP contribution in [0.25, 0.3) is 0 Å². The van der Waals surface area contributed by atoms with Crippen molar-refractivity contribution < 1.29 is 5.11 Å². The molecule has 1 aliphatic carbocycles. The second kappa shape index (κ2) is 7.63. The molecule has 0 radical (unpaired) electrons. The Balaban J connectivity index is 2.35. The second-order valence-corrected chi connectivity index (χ2v) is 4.51. The van der Waals surface area contributed by atoms with Gasteiger partial charge in [0.25, 0.3) is 0 Å². The van der Waals surface area contributed by atoms with E-state index in [9.17, 15) is 0 Å². The van der Waals surface area contributed by atoms with Gasteiger partial charge in [0.15, 0.2) is 5.11 Å². The van der Waals surface area contributed by atoms with E-state index in [1.807, 2.05) is 0 Å². The molecule has 0 fully saturated rings. The molecule has 0 aliphatic heterocycles. The first-order valence-corrected chi connectivity index (χ1v) is 6.51. The van der Waals surface area contributed by atoms with Crippen LogP contribution in [0, 0.1) is 0 Å². The van der Waals surface area contributed by atoms with Crippen molar-refractivity contribution >= 4 is 17.3 Å². The molecule has 1 rings (SSSR count). The van der Waals surface area contributed by atoms with Gasteiger partial charge in [-0.2, -0.15) is 0 Å². The fourth-order valence-corrected chi connectivity index (χ4v) is 2.26. The maximum atomic E-state index is 8.65. The predicted octanol–water partition coefficient (Wildman–Crippen LogP) is 1.72. The van der Waals surface area contributed by atoms with E-state index >= 15 is 0 Å². The molecule has 0 spiro atoms. The summed E-state index contributed by atoms with van der Waals surface area (Å²) in [5, 5.41) is 15.4. The highest BCUT2D eigenvalue weighted by molar-refractivity contribution is 7.80. The van der Waals surface area contributed by atoms with Crippen LogP contribution in [-0.4, -0.2) is 29.9 Å². The molecule has 0 heterocycles. The van der Waals surface area contributed by atoms with Gasteiger partial charge in [-0.25, -0.2) is 0 Å². The third kappa shape index (κ3) is 4.49. The van der Waals surface area contributed by atoms with Crippen LogP contribution < -0.4 is 10.6 Å². The molecule has 0 unspecified atom stereocenters. The summed E-state index contributed by atoms with van der Waals surface area (Å²) in [5.74, 6) is 0. The van der Waals surface area contributed by atoms with Gasteiger partial charge in [0.2, 0.25) is 0 Å². The summed E-state index contributed by atoms with van der Waals surface area (Å²) in [5.41, 5.74) is 3.13. The van der Waals surface area contributed by atoms with Crippen molar-refractivity contribution in [1.29, 1.82) is 0 Å². The highest BCUT2D eigenvalue weighted by atomic mass is 32.1. The van der Waals surface area contributed by atoms with Crippen LogP contribution in [0.2, 0.25) is 0 Å². The number of hydrogen-bond donors (Lipinski definition) is 3. The first-order valence-electron chi connectivity index (χ1n) is 6.10. The topological polar surface area (TPSA) is 44.3 Å². The minimum Gasteiger partial charge on any atom is -0.395 e. The predicted molar refractivity (Wildman–Crippen MR) is 71.5 cm³/mol. The summed E-state index contributed by atoms with van der Waals surface area (Å²) in [4.78, 5) is 0. The first kappa shape index (κ1) is 13.5. The van der Waals surface area contributed by atoms with Crippen LogP contribution in [0.5, 0.6) is 0 Å². The summed E-state index contributed by atoms with van der Waals surface area (Å²) < 4.78 is 0. The smallest absolute Gasteiger partial charge is 0.166 e. The Hall–Kier alpha value is -0.610. The number of aliphatic hydroxyl groups is 1. The molecule has 0 saturated heterocycles. The standard InChI is InChI=1S/C12H22N2OS/c1-2-10-5-3-4-6-11(10)9-14-12(16)13-7-8-15/h15H,2-9H2,1H3,(H2,13,14,16). The van der Waals surface area contributed by atoms with E-state index in [0.29, 0.717) is 11.7 Å². The Morgan fingerprint density at radius 3 is 2.56 bits per heavy atom. The highest BCUT2D eigenvalue weighted by Crippen LogP contribution is 2.26. The molecular formula is C12H22N2OS. The highest BCUT2D eigenvalue weighted by Gasteiger charge is 2.11. The van der Waals surface area contributed by atoms with Crippen molar-refractivity contribution in [3.05, 3.63) is 11.1 Å². The van der Waals surface area contributed by atoms with E-state index in [1.165, 1.54) is 31.3 Å². The average Bonchev–Trinajstić information content (AvgIpc) is 2.34. The van der Waals surface area contributed by atoms with Crippen LogP contribution in [0.15, 0.2) is 11.1 Å². The van der Waals surface area contributed by atoms with Gasteiger partial charge in [0.1, 0.15) is 0 Å². The zero-order valence-electron chi connectivity index (χ0n) is 10.0. The van der Waals surface area contributed by atoms with Crippen molar-refractivity contribution in [2.75, 3.05) is 19.7 Å². The number of hydrogen-bond acceptors (Lipinski definition) is 2. The third-order valence-corrected chi connectivity index (χ3v) is 3.28. The quantitative estimate of drug-likeness (QED) is 0.507. The van der Waals surface area contributed by atoms with Crippen LogP contribution in [-0.2, 0) is 0 Å². The Kier molecular flexibility index (Phi) is 6.42. The molecule has 0 saturated carbocycles. The number of thiocarbonyl (C=S) groups is 1. The summed E-state index contributed by atoms with van der Waals surface area (Å²) in [6, 6.07) is 0. The molecule has 3 nitrogen and oxygen atoms in total. The van der Waals surface area contributed by atoms with Crippen molar-refractivity contribution in [2.24, 2.45) is 0 Å². The molecule has 0 bridgehead atoms. The van der Waals surface area contributed by atoms with Gasteiger partial charge in [-0.3, -0.25) is 0 Å². The van der Waals surface area contributed by atoms with E-state index < -0.39 is 0 Å². The average molecular weight is 242 g/mol. The van der Waals surface area contributed by atoms with E-state index in [0.717, 1.165) is 13.0 Å². The fraction of sp³-hybridized carbons (Fsp3) is 0.750. The lowest BCUT2D eigenvalue weighted by Crippen LogP contribution is -2.38. The summed E-state index contributed by atoms with van der Waals surface area (Å²) >= 11 is 5.11. The molecule has 16 heavy (non-hydrogen) atoms. The monoisotopic (exact) mass is 242 g/mol. The van der Waals surface area contributed by atoms with Crippen LogP contribution >= 0.6 is 12.2 Å². The molecule has 92 valence electrons. The zero-order chi connectivity index (χ0) is 11.8. The van der Waals surface area contributed by atoms with E-state index in [-0.39, 0.29) is 6.61 Å². The largest absolute Gasteiger partial charge is 0.395 e. The molecule has 1 aliphatic rings. The van der Waals surface area contributed by atoms with Gasteiger partial charge < -0.3 is 15.7 Å². The Bertz CT molecular complexity index is 264. The van der Waals surface area contributed by atoms with Gasteiger partial charge in [-0.1, -0.05) is 18.1 Å². The normalized spacial score (nSPS) is 16.1. The second-order valence-electron chi connectivity index (χ2n) is 4.10. The number of rotatable bonds is 5. The van der Waals surface area contributed by atoms with E-state index in [4.69, 9.17) is 17.3 Å². The summed E-state index contributed by atoms with van der Waals surface area (Å²) in [6.07, 6.45) is 6.26. The summed E-state index contributed by atoms with van der Waals surface area (Å²) in [6.45, 7) is 3.72. The van der Waals surface area contributed by atoms with Gasteiger partial charge in [0, 0.05) is 13.1 Å². The maximum absolute atomic E-state index is 8.65. The summed E-state index contributed by atoms with van der Waals surface area (Å²) in [7, 11) is 0. The van der Waals surface area contributed by atoms with Crippen molar-refractivity contribution in [2.45, 2.75) is 39.0 Å². The van der Waals surface area contributed by atoms with Crippen LogP contribution in [0.1, 0.15) is 39.0 Å². The molecule has 0 aromatic rings. The molecule has 0 aromatic carbocycles. The van der Waals surface area contributed by atoms with Crippen molar-refractivity contribution in [1.82, 2.24) is 10.6 Å². The minimum absolute atomic E-state index is 0.116. The Morgan fingerprint density at radius 2 is 1.94 bits per heavy atom. The van der Waals surface area contributed by atoms with Gasteiger partial charge in [0.05, 0.1) is 6.61 Å². The van der Waals surface area contributed by atoms with E-state index in [2.05, 4.69) is 17.6 Å². The van der Waals surface area contributed by atoms with Crippen molar-refractivity contribution in [3.63, 3.8) is 0 Å². The minimum atomic E-state index is 0.116. The molecule has 3 N–H and O–H groups in total. The maximum Gasteiger partial charge on any atom is 0.166 e. The lowest BCUT2D eigenvalue weighted by atomic mass is 9.90. The molecule has 4 heteroatoms.